The van der Waals surface area contributed by atoms with Gasteiger partial charge in [0.05, 0.1) is 0 Å². The number of nitrogens with one attached hydrogen (secondary N) is 1. The van der Waals surface area contributed by atoms with Crippen molar-refractivity contribution in [2.24, 2.45) is 0 Å². The highest BCUT2D eigenvalue weighted by Gasteiger charge is 2.01. The lowest BCUT2D eigenvalue weighted by atomic mass is 10.1. The van der Waals surface area contributed by atoms with Gasteiger partial charge >= 0.3 is 0 Å². The Morgan fingerprint density at radius 2 is 1.84 bits per heavy atom. The van der Waals surface area contributed by atoms with Crippen molar-refractivity contribution >= 4 is 28.9 Å². The SMILES string of the molecule is Cc1ccc(Cl)cc1NCCCc1ccccc1Cl. The maximum Gasteiger partial charge on any atom is 0.0437 e. The van der Waals surface area contributed by atoms with E-state index >= 15 is 0 Å². The fraction of sp³-hybridized carbons (Fsp3) is 0.250. The Kier molecular flexibility index (Phi) is 5.12. The van der Waals surface area contributed by atoms with Crippen LogP contribution in [0.5, 0.6) is 0 Å². The summed E-state index contributed by atoms with van der Waals surface area (Å²) in [6.45, 7) is 2.99. The van der Waals surface area contributed by atoms with Crippen molar-refractivity contribution in [1.82, 2.24) is 0 Å². The van der Waals surface area contributed by atoms with Crippen LogP contribution in [0.4, 0.5) is 5.69 Å². The van der Waals surface area contributed by atoms with Crippen LogP contribution in [0.3, 0.4) is 0 Å². The van der Waals surface area contributed by atoms with Gasteiger partial charge in [-0.3, -0.25) is 0 Å². The van der Waals surface area contributed by atoms with E-state index in [4.69, 9.17) is 23.2 Å². The first kappa shape index (κ1) is 14.2. The fourth-order valence-corrected chi connectivity index (χ4v) is 2.39. The average molecular weight is 294 g/mol. The first-order valence-corrected chi connectivity index (χ1v) is 7.16. The highest BCUT2D eigenvalue weighted by molar-refractivity contribution is 6.31. The zero-order chi connectivity index (χ0) is 13.7. The molecule has 0 aromatic heterocycles. The molecule has 0 unspecified atom stereocenters. The van der Waals surface area contributed by atoms with E-state index in [1.54, 1.807) is 0 Å². The maximum atomic E-state index is 6.13. The molecular weight excluding hydrogens is 277 g/mol. The minimum Gasteiger partial charge on any atom is -0.385 e. The molecule has 1 N–H and O–H groups in total. The number of hydrogen-bond donors (Lipinski definition) is 1. The van der Waals surface area contributed by atoms with Gasteiger partial charge in [0.1, 0.15) is 0 Å². The lowest BCUT2D eigenvalue weighted by molar-refractivity contribution is 0.862. The maximum absolute atomic E-state index is 6.13. The van der Waals surface area contributed by atoms with Crippen LogP contribution in [0.2, 0.25) is 10.0 Å². The van der Waals surface area contributed by atoms with E-state index in [9.17, 15) is 0 Å². The molecule has 100 valence electrons. The van der Waals surface area contributed by atoms with Gasteiger partial charge in [-0.2, -0.15) is 0 Å². The topological polar surface area (TPSA) is 12.0 Å². The summed E-state index contributed by atoms with van der Waals surface area (Å²) in [6.07, 6.45) is 2.02. The van der Waals surface area contributed by atoms with Crippen LogP contribution in [-0.4, -0.2) is 6.54 Å². The monoisotopic (exact) mass is 293 g/mol. The highest BCUT2D eigenvalue weighted by atomic mass is 35.5. The van der Waals surface area contributed by atoms with Crippen molar-refractivity contribution in [2.45, 2.75) is 19.8 Å². The van der Waals surface area contributed by atoms with Gasteiger partial charge in [-0.1, -0.05) is 47.5 Å². The van der Waals surface area contributed by atoms with E-state index in [2.05, 4.69) is 18.3 Å². The minimum absolute atomic E-state index is 0.763. The van der Waals surface area contributed by atoms with E-state index in [-0.39, 0.29) is 0 Å². The second kappa shape index (κ2) is 6.83. The molecular formula is C16H17Cl2N. The Hall–Kier alpha value is -1.18. The molecule has 0 bridgehead atoms. The fourth-order valence-electron chi connectivity index (χ4n) is 1.99. The van der Waals surface area contributed by atoms with Gasteiger partial charge in [-0.05, 0) is 49.1 Å². The number of anilines is 1. The Labute approximate surface area is 124 Å². The number of rotatable bonds is 5. The molecule has 2 aromatic rings. The van der Waals surface area contributed by atoms with Crippen molar-refractivity contribution in [1.29, 1.82) is 0 Å². The Bertz CT molecular complexity index is 552. The van der Waals surface area contributed by atoms with Gasteiger partial charge in [0.2, 0.25) is 0 Å². The first-order chi connectivity index (χ1) is 9.16. The molecule has 0 saturated heterocycles. The minimum atomic E-state index is 0.763. The van der Waals surface area contributed by atoms with Crippen molar-refractivity contribution in [3.05, 3.63) is 63.6 Å². The summed E-state index contributed by atoms with van der Waals surface area (Å²) in [5.41, 5.74) is 3.52. The molecule has 0 aliphatic carbocycles. The highest BCUT2D eigenvalue weighted by Crippen LogP contribution is 2.20. The summed E-state index contributed by atoms with van der Waals surface area (Å²) < 4.78 is 0. The largest absolute Gasteiger partial charge is 0.385 e. The van der Waals surface area contributed by atoms with Crippen LogP contribution >= 0.6 is 23.2 Å². The molecule has 0 aliphatic rings. The summed E-state index contributed by atoms with van der Waals surface area (Å²) >= 11 is 12.1. The smallest absolute Gasteiger partial charge is 0.0437 e. The van der Waals surface area contributed by atoms with E-state index in [0.717, 1.165) is 35.1 Å². The summed E-state index contributed by atoms with van der Waals surface area (Å²) in [5, 5.41) is 5.03. The molecule has 3 heteroatoms. The number of halogens is 2. The molecule has 0 aliphatic heterocycles. The van der Waals surface area contributed by atoms with Crippen molar-refractivity contribution in [3.63, 3.8) is 0 Å². The molecule has 1 nitrogen and oxygen atoms in total. The molecule has 0 saturated carbocycles. The molecule has 0 amide bonds. The van der Waals surface area contributed by atoms with Gasteiger partial charge in [-0.15, -0.1) is 0 Å². The molecule has 0 spiro atoms. The normalized spacial score (nSPS) is 10.5. The third-order valence-corrected chi connectivity index (χ3v) is 3.70. The lowest BCUT2D eigenvalue weighted by Gasteiger charge is -2.10. The van der Waals surface area contributed by atoms with E-state index in [1.165, 1.54) is 11.1 Å². The summed E-state index contributed by atoms with van der Waals surface area (Å²) in [5.74, 6) is 0. The lowest BCUT2D eigenvalue weighted by Crippen LogP contribution is -2.04. The van der Waals surface area contributed by atoms with Gasteiger partial charge in [0, 0.05) is 22.3 Å². The predicted octanol–water partition coefficient (Wildman–Crippen LogP) is 5.35. The number of aryl methyl sites for hydroxylation is 2. The quantitative estimate of drug-likeness (QED) is 0.733. The third-order valence-electron chi connectivity index (χ3n) is 3.10. The molecule has 0 fully saturated rings. The van der Waals surface area contributed by atoms with E-state index in [1.807, 2.05) is 36.4 Å². The van der Waals surface area contributed by atoms with Crippen molar-refractivity contribution in [3.8, 4) is 0 Å². The molecule has 0 atom stereocenters. The zero-order valence-electron chi connectivity index (χ0n) is 10.9. The van der Waals surface area contributed by atoms with Crippen molar-refractivity contribution in [2.75, 3.05) is 11.9 Å². The standard InChI is InChI=1S/C16H17Cl2N/c1-12-8-9-14(17)11-16(12)19-10-4-6-13-5-2-3-7-15(13)18/h2-3,5,7-9,11,19H,4,6,10H2,1H3. The van der Waals surface area contributed by atoms with Gasteiger partial charge in [-0.25, -0.2) is 0 Å². The molecule has 19 heavy (non-hydrogen) atoms. The van der Waals surface area contributed by atoms with Crippen molar-refractivity contribution < 1.29 is 0 Å². The number of hydrogen-bond acceptors (Lipinski definition) is 1. The van der Waals surface area contributed by atoms with Crippen LogP contribution in [0.25, 0.3) is 0 Å². The second-order valence-corrected chi connectivity index (χ2v) is 5.42. The predicted molar refractivity (Wildman–Crippen MR) is 84.5 cm³/mol. The van der Waals surface area contributed by atoms with Crippen LogP contribution in [0.15, 0.2) is 42.5 Å². The first-order valence-electron chi connectivity index (χ1n) is 6.40. The van der Waals surface area contributed by atoms with Gasteiger partial charge < -0.3 is 5.32 Å². The zero-order valence-corrected chi connectivity index (χ0v) is 12.4. The summed E-state index contributed by atoms with van der Waals surface area (Å²) in [4.78, 5) is 0. The molecule has 0 radical (unpaired) electrons. The summed E-state index contributed by atoms with van der Waals surface area (Å²) in [6, 6.07) is 13.9. The van der Waals surface area contributed by atoms with Crippen LogP contribution in [0.1, 0.15) is 17.5 Å². The Balaban J connectivity index is 1.84. The second-order valence-electron chi connectivity index (χ2n) is 4.58. The van der Waals surface area contributed by atoms with Gasteiger partial charge in [0.25, 0.3) is 0 Å². The molecule has 2 rings (SSSR count). The number of benzene rings is 2. The molecule has 0 heterocycles. The van der Waals surface area contributed by atoms with Gasteiger partial charge in [0.15, 0.2) is 0 Å². The Morgan fingerprint density at radius 1 is 1.05 bits per heavy atom. The van der Waals surface area contributed by atoms with E-state index < -0.39 is 0 Å². The Morgan fingerprint density at radius 3 is 2.63 bits per heavy atom. The summed E-state index contributed by atoms with van der Waals surface area (Å²) in [7, 11) is 0. The van der Waals surface area contributed by atoms with Crippen LogP contribution in [-0.2, 0) is 6.42 Å². The van der Waals surface area contributed by atoms with Crippen LogP contribution < -0.4 is 5.32 Å². The third kappa shape index (κ3) is 4.15. The van der Waals surface area contributed by atoms with Crippen LogP contribution in [0, 0.1) is 6.92 Å². The average Bonchev–Trinajstić information content (AvgIpc) is 2.40. The molecule has 2 aromatic carbocycles. The van der Waals surface area contributed by atoms with E-state index in [0.29, 0.717) is 0 Å².